The molecule has 0 atom stereocenters. The fraction of sp³-hybridized carbons (Fsp3) is 0.208. The summed E-state index contributed by atoms with van der Waals surface area (Å²) in [4.78, 5) is 11.8. The number of phenolic OH excluding ortho intramolecular Hbond substituents is 1. The molecule has 32 heavy (non-hydrogen) atoms. The zero-order chi connectivity index (χ0) is 23.3. The van der Waals surface area contributed by atoms with Crippen LogP contribution in [0.2, 0.25) is 0 Å². The third-order valence-electron chi connectivity index (χ3n) is 4.60. The summed E-state index contributed by atoms with van der Waals surface area (Å²) < 4.78 is 38.4. The van der Waals surface area contributed by atoms with E-state index in [1.807, 2.05) is 32.0 Å². The van der Waals surface area contributed by atoms with Crippen LogP contribution in [-0.2, 0) is 14.8 Å². The Balaban J connectivity index is 1.93. The topological polar surface area (TPSA) is 93.1 Å². The fourth-order valence-electron chi connectivity index (χ4n) is 3.06. The lowest BCUT2D eigenvalue weighted by molar-refractivity contribution is 0.0597. The molecule has 7 nitrogen and oxygen atoms in total. The number of rotatable bonds is 8. The number of methoxy groups -OCH3 is 1. The SMILES string of the molecule is COC(=O)c1ccc(N(CC(C)C)S(=O)(=O)c2ccc(Oc3ccccc3)cc2)cc1O. The van der Waals surface area contributed by atoms with Gasteiger partial charge in [-0.2, -0.15) is 0 Å². The molecule has 0 aliphatic heterocycles. The molecule has 1 N–H and O–H groups in total. The van der Waals surface area contributed by atoms with Crippen molar-refractivity contribution in [1.29, 1.82) is 0 Å². The molecule has 0 aromatic heterocycles. The highest BCUT2D eigenvalue weighted by molar-refractivity contribution is 7.92. The van der Waals surface area contributed by atoms with Crippen LogP contribution < -0.4 is 9.04 Å². The summed E-state index contributed by atoms with van der Waals surface area (Å²) >= 11 is 0. The zero-order valence-electron chi connectivity index (χ0n) is 18.1. The van der Waals surface area contributed by atoms with Crippen molar-refractivity contribution in [3.05, 3.63) is 78.4 Å². The Morgan fingerprint density at radius 2 is 1.59 bits per heavy atom. The number of ether oxygens (including phenoxy) is 2. The summed E-state index contributed by atoms with van der Waals surface area (Å²) in [5, 5.41) is 10.2. The molecule has 0 amide bonds. The highest BCUT2D eigenvalue weighted by atomic mass is 32.2. The maximum absolute atomic E-state index is 13.4. The summed E-state index contributed by atoms with van der Waals surface area (Å²) in [6, 6.07) is 19.4. The van der Waals surface area contributed by atoms with Crippen LogP contribution in [0.15, 0.2) is 77.7 Å². The van der Waals surface area contributed by atoms with Gasteiger partial charge in [-0.1, -0.05) is 32.0 Å². The van der Waals surface area contributed by atoms with Crippen LogP contribution in [-0.4, -0.2) is 33.1 Å². The Morgan fingerprint density at radius 3 is 2.16 bits per heavy atom. The molecule has 0 unspecified atom stereocenters. The molecule has 0 radical (unpaired) electrons. The Morgan fingerprint density at radius 1 is 0.969 bits per heavy atom. The second kappa shape index (κ2) is 9.74. The first-order valence-electron chi connectivity index (χ1n) is 9.99. The molecule has 0 aliphatic carbocycles. The van der Waals surface area contributed by atoms with Crippen molar-refractivity contribution in [2.24, 2.45) is 5.92 Å². The van der Waals surface area contributed by atoms with E-state index < -0.39 is 16.0 Å². The highest BCUT2D eigenvalue weighted by Gasteiger charge is 2.27. The number of benzene rings is 3. The largest absolute Gasteiger partial charge is 0.507 e. The van der Waals surface area contributed by atoms with Crippen LogP contribution in [0.5, 0.6) is 17.2 Å². The molecule has 0 fully saturated rings. The number of carbonyl (C=O) groups is 1. The molecular formula is C24H25NO6S. The number of phenols is 1. The van der Waals surface area contributed by atoms with Gasteiger partial charge >= 0.3 is 5.97 Å². The van der Waals surface area contributed by atoms with Gasteiger partial charge in [0.15, 0.2) is 0 Å². The minimum Gasteiger partial charge on any atom is -0.507 e. The average Bonchev–Trinajstić information content (AvgIpc) is 2.78. The lowest BCUT2D eigenvalue weighted by Gasteiger charge is -2.26. The summed E-state index contributed by atoms with van der Waals surface area (Å²) in [6.45, 7) is 3.96. The van der Waals surface area contributed by atoms with E-state index in [1.54, 1.807) is 24.3 Å². The van der Waals surface area contributed by atoms with Crippen molar-refractivity contribution < 1.29 is 27.8 Å². The van der Waals surface area contributed by atoms with E-state index in [2.05, 4.69) is 4.74 Å². The van der Waals surface area contributed by atoms with Crippen molar-refractivity contribution in [2.75, 3.05) is 18.0 Å². The number of hydrogen-bond donors (Lipinski definition) is 1. The smallest absolute Gasteiger partial charge is 0.341 e. The maximum atomic E-state index is 13.4. The van der Waals surface area contributed by atoms with E-state index in [-0.39, 0.29) is 34.4 Å². The van der Waals surface area contributed by atoms with Gasteiger partial charge in [-0.15, -0.1) is 0 Å². The standard InChI is InChI=1S/C24H25NO6S/c1-17(2)16-25(18-9-14-22(23(26)15-18)24(27)30-3)32(28,29)21-12-10-20(11-13-21)31-19-7-5-4-6-8-19/h4-15,17,26H,16H2,1-3H3. The van der Waals surface area contributed by atoms with Crippen molar-refractivity contribution in [1.82, 2.24) is 0 Å². The Labute approximate surface area is 187 Å². The first kappa shape index (κ1) is 23.1. The quantitative estimate of drug-likeness (QED) is 0.490. The van der Waals surface area contributed by atoms with E-state index in [0.29, 0.717) is 11.5 Å². The Kier molecular flexibility index (Phi) is 7.05. The number of carbonyl (C=O) groups excluding carboxylic acids is 1. The van der Waals surface area contributed by atoms with Gasteiger partial charge in [-0.05, 0) is 54.4 Å². The lowest BCUT2D eigenvalue weighted by atomic mass is 10.1. The van der Waals surface area contributed by atoms with Crippen LogP contribution in [0.25, 0.3) is 0 Å². The van der Waals surface area contributed by atoms with Crippen LogP contribution in [0.4, 0.5) is 5.69 Å². The van der Waals surface area contributed by atoms with Crippen molar-refractivity contribution in [3.63, 3.8) is 0 Å². The number of anilines is 1. The fourth-order valence-corrected chi connectivity index (χ4v) is 4.68. The van der Waals surface area contributed by atoms with E-state index in [0.717, 1.165) is 0 Å². The van der Waals surface area contributed by atoms with Gasteiger partial charge in [-0.3, -0.25) is 4.31 Å². The Bertz CT molecular complexity index is 1170. The molecule has 3 aromatic rings. The number of esters is 1. The van der Waals surface area contributed by atoms with Crippen LogP contribution in [0.1, 0.15) is 24.2 Å². The predicted molar refractivity (Wildman–Crippen MR) is 122 cm³/mol. The number of hydrogen-bond acceptors (Lipinski definition) is 6. The van der Waals surface area contributed by atoms with Crippen molar-refractivity contribution >= 4 is 21.7 Å². The van der Waals surface area contributed by atoms with Gasteiger partial charge in [-0.25, -0.2) is 13.2 Å². The van der Waals surface area contributed by atoms with Gasteiger partial charge < -0.3 is 14.6 Å². The van der Waals surface area contributed by atoms with Gasteiger partial charge in [0.25, 0.3) is 10.0 Å². The summed E-state index contributed by atoms with van der Waals surface area (Å²) in [5.74, 6) is 0.0930. The maximum Gasteiger partial charge on any atom is 0.341 e. The summed E-state index contributed by atoms with van der Waals surface area (Å²) in [7, 11) is -2.74. The van der Waals surface area contributed by atoms with Crippen molar-refractivity contribution in [3.8, 4) is 17.2 Å². The highest BCUT2D eigenvalue weighted by Crippen LogP contribution is 2.31. The summed E-state index contributed by atoms with van der Waals surface area (Å²) in [5.41, 5.74) is 0.203. The van der Waals surface area contributed by atoms with E-state index in [4.69, 9.17) is 4.74 Å². The molecule has 3 aromatic carbocycles. The molecule has 0 spiro atoms. The minimum atomic E-state index is -3.94. The Hall–Kier alpha value is -3.52. The second-order valence-electron chi connectivity index (χ2n) is 7.51. The second-order valence-corrected chi connectivity index (χ2v) is 9.37. The van der Waals surface area contributed by atoms with Gasteiger partial charge in [0.05, 0.1) is 17.7 Å². The van der Waals surface area contributed by atoms with Gasteiger partial charge in [0.1, 0.15) is 22.8 Å². The number of nitrogens with zero attached hydrogens (tertiary/aromatic N) is 1. The van der Waals surface area contributed by atoms with Crippen LogP contribution in [0, 0.1) is 5.92 Å². The third kappa shape index (κ3) is 5.20. The van der Waals surface area contributed by atoms with E-state index in [1.165, 1.54) is 41.7 Å². The van der Waals surface area contributed by atoms with Crippen LogP contribution in [0.3, 0.4) is 0 Å². The van der Waals surface area contributed by atoms with E-state index in [9.17, 15) is 18.3 Å². The monoisotopic (exact) mass is 455 g/mol. The lowest BCUT2D eigenvalue weighted by Crippen LogP contribution is -2.34. The molecule has 0 bridgehead atoms. The van der Waals surface area contributed by atoms with Crippen molar-refractivity contribution in [2.45, 2.75) is 18.7 Å². The molecule has 3 rings (SSSR count). The molecule has 0 aliphatic rings. The molecule has 0 saturated carbocycles. The normalized spacial score (nSPS) is 11.2. The molecular weight excluding hydrogens is 430 g/mol. The van der Waals surface area contributed by atoms with Crippen LogP contribution >= 0.6 is 0 Å². The molecule has 0 saturated heterocycles. The number of sulfonamides is 1. The average molecular weight is 456 g/mol. The first-order chi connectivity index (χ1) is 15.2. The minimum absolute atomic E-state index is 0.00730. The summed E-state index contributed by atoms with van der Waals surface area (Å²) in [6.07, 6.45) is 0. The molecule has 168 valence electrons. The zero-order valence-corrected chi connectivity index (χ0v) is 18.9. The third-order valence-corrected chi connectivity index (χ3v) is 6.40. The van der Waals surface area contributed by atoms with E-state index >= 15 is 0 Å². The first-order valence-corrected chi connectivity index (χ1v) is 11.4. The van der Waals surface area contributed by atoms with Gasteiger partial charge in [0, 0.05) is 12.6 Å². The number of para-hydroxylation sites is 1. The molecule has 8 heteroatoms. The molecule has 0 heterocycles. The number of aromatic hydroxyl groups is 1. The predicted octanol–water partition coefficient (Wildman–Crippen LogP) is 4.82. The van der Waals surface area contributed by atoms with Gasteiger partial charge in [0.2, 0.25) is 0 Å².